The summed E-state index contributed by atoms with van der Waals surface area (Å²) in [6.07, 6.45) is 3.12. The predicted molar refractivity (Wildman–Crippen MR) is 72.5 cm³/mol. The molecule has 0 bridgehead atoms. The van der Waals surface area contributed by atoms with Crippen LogP contribution >= 0.6 is 0 Å². The van der Waals surface area contributed by atoms with E-state index in [1.54, 1.807) is 4.90 Å². The highest BCUT2D eigenvalue weighted by Gasteiger charge is 2.19. The minimum absolute atomic E-state index is 0.0450. The van der Waals surface area contributed by atoms with Gasteiger partial charge >= 0.3 is 0 Å². The van der Waals surface area contributed by atoms with Crippen LogP contribution in [0.4, 0.5) is 0 Å². The van der Waals surface area contributed by atoms with E-state index in [1.807, 2.05) is 0 Å². The molecule has 0 unspecified atom stereocenters. The lowest BCUT2D eigenvalue weighted by Crippen LogP contribution is -2.42. The second-order valence-corrected chi connectivity index (χ2v) is 4.80. The van der Waals surface area contributed by atoms with Crippen molar-refractivity contribution in [1.82, 2.24) is 10.2 Å². The largest absolute Gasteiger partial charge is 0.504 e. The summed E-state index contributed by atoms with van der Waals surface area (Å²) in [5, 5.41) is 21.4. The van der Waals surface area contributed by atoms with Crippen LogP contribution in [0.5, 0.6) is 11.5 Å². The number of phenolic OH excluding ortho intramolecular Hbond substituents is 2. The molecule has 108 valence electrons. The number of para-hydroxylation sites is 1. The molecule has 0 aliphatic carbocycles. The number of amides is 2. The Kier molecular flexibility index (Phi) is 4.45. The molecule has 1 saturated heterocycles. The molecule has 2 rings (SSSR count). The van der Waals surface area contributed by atoms with Gasteiger partial charge in [0.25, 0.3) is 5.91 Å². The molecule has 3 N–H and O–H groups in total. The first-order chi connectivity index (χ1) is 9.59. The van der Waals surface area contributed by atoms with E-state index >= 15 is 0 Å². The number of hydrogen-bond acceptors (Lipinski definition) is 4. The van der Waals surface area contributed by atoms with Crippen LogP contribution in [0.2, 0.25) is 0 Å². The van der Waals surface area contributed by atoms with E-state index in [-0.39, 0.29) is 23.8 Å². The van der Waals surface area contributed by atoms with Gasteiger partial charge in [-0.25, -0.2) is 0 Å². The third kappa shape index (κ3) is 3.20. The Balaban J connectivity index is 1.91. The number of benzene rings is 1. The van der Waals surface area contributed by atoms with Crippen molar-refractivity contribution in [2.24, 2.45) is 0 Å². The maximum atomic E-state index is 11.9. The molecule has 2 amide bonds. The fourth-order valence-corrected chi connectivity index (χ4v) is 2.22. The van der Waals surface area contributed by atoms with Gasteiger partial charge in [0, 0.05) is 13.1 Å². The summed E-state index contributed by atoms with van der Waals surface area (Å²) in [6.45, 7) is 1.35. The lowest BCUT2D eigenvalue weighted by molar-refractivity contribution is -0.130. The highest BCUT2D eigenvalue weighted by molar-refractivity contribution is 5.99. The average Bonchev–Trinajstić information content (AvgIpc) is 2.48. The van der Waals surface area contributed by atoms with Crippen molar-refractivity contribution in [3.05, 3.63) is 23.8 Å². The van der Waals surface area contributed by atoms with E-state index in [2.05, 4.69) is 5.32 Å². The summed E-state index contributed by atoms with van der Waals surface area (Å²) in [6, 6.07) is 4.12. The predicted octanol–water partition coefficient (Wildman–Crippen LogP) is 0.840. The maximum absolute atomic E-state index is 11.9. The van der Waals surface area contributed by atoms with Crippen molar-refractivity contribution in [2.45, 2.75) is 19.3 Å². The summed E-state index contributed by atoms with van der Waals surface area (Å²) in [5.74, 6) is -1.54. The molecule has 6 heteroatoms. The number of piperidine rings is 1. The molecule has 20 heavy (non-hydrogen) atoms. The first-order valence-electron chi connectivity index (χ1n) is 6.66. The van der Waals surface area contributed by atoms with Gasteiger partial charge in [-0.3, -0.25) is 9.59 Å². The van der Waals surface area contributed by atoms with Crippen molar-refractivity contribution >= 4 is 11.8 Å². The van der Waals surface area contributed by atoms with Crippen LogP contribution in [0.25, 0.3) is 0 Å². The van der Waals surface area contributed by atoms with Crippen molar-refractivity contribution in [3.63, 3.8) is 0 Å². The zero-order valence-electron chi connectivity index (χ0n) is 11.1. The molecule has 1 aromatic rings. The lowest BCUT2D eigenvalue weighted by atomic mass is 10.1. The van der Waals surface area contributed by atoms with Gasteiger partial charge in [-0.1, -0.05) is 6.07 Å². The molecule has 1 aliphatic heterocycles. The Morgan fingerprint density at radius 2 is 1.85 bits per heavy atom. The number of likely N-dealkylation sites (tertiary alicyclic amines) is 1. The minimum atomic E-state index is -0.580. The number of aromatic hydroxyl groups is 2. The quantitative estimate of drug-likeness (QED) is 0.715. The molecule has 1 fully saturated rings. The normalized spacial score (nSPS) is 14.9. The van der Waals surface area contributed by atoms with Gasteiger partial charge in [-0.15, -0.1) is 0 Å². The monoisotopic (exact) mass is 278 g/mol. The highest BCUT2D eigenvalue weighted by Crippen LogP contribution is 2.27. The van der Waals surface area contributed by atoms with E-state index < -0.39 is 11.7 Å². The average molecular weight is 278 g/mol. The van der Waals surface area contributed by atoms with Crippen LogP contribution in [-0.4, -0.2) is 46.6 Å². The van der Waals surface area contributed by atoms with Gasteiger partial charge in [-0.05, 0) is 31.4 Å². The van der Waals surface area contributed by atoms with Crippen LogP contribution < -0.4 is 5.32 Å². The van der Waals surface area contributed by atoms with E-state index in [1.165, 1.54) is 18.2 Å². The molecular formula is C14H18N2O4. The zero-order chi connectivity index (χ0) is 14.5. The Morgan fingerprint density at radius 3 is 2.55 bits per heavy atom. The Hall–Kier alpha value is -2.24. The summed E-state index contributed by atoms with van der Waals surface area (Å²) in [5.41, 5.74) is -0.0450. The molecule has 1 heterocycles. The summed E-state index contributed by atoms with van der Waals surface area (Å²) < 4.78 is 0. The van der Waals surface area contributed by atoms with Crippen LogP contribution in [-0.2, 0) is 4.79 Å². The van der Waals surface area contributed by atoms with Gasteiger partial charge in [0.1, 0.15) is 0 Å². The number of carbonyl (C=O) groups excluding carboxylic acids is 2. The van der Waals surface area contributed by atoms with Crippen molar-refractivity contribution in [3.8, 4) is 11.5 Å². The summed E-state index contributed by atoms with van der Waals surface area (Å²) >= 11 is 0. The number of hydrogen-bond donors (Lipinski definition) is 3. The number of nitrogens with one attached hydrogen (secondary N) is 1. The lowest BCUT2D eigenvalue weighted by Gasteiger charge is -2.26. The van der Waals surface area contributed by atoms with Gasteiger partial charge < -0.3 is 20.4 Å². The van der Waals surface area contributed by atoms with E-state index in [9.17, 15) is 19.8 Å². The molecule has 1 aliphatic rings. The topological polar surface area (TPSA) is 89.9 Å². The molecule has 0 spiro atoms. The van der Waals surface area contributed by atoms with Gasteiger partial charge in [0.05, 0.1) is 12.1 Å². The van der Waals surface area contributed by atoms with E-state index in [0.29, 0.717) is 0 Å². The van der Waals surface area contributed by atoms with Crippen molar-refractivity contribution in [2.75, 3.05) is 19.6 Å². The van der Waals surface area contributed by atoms with Gasteiger partial charge in [0.2, 0.25) is 5.91 Å². The standard InChI is InChI=1S/C14H18N2O4/c17-11-6-4-5-10(13(11)19)14(20)15-9-12(18)16-7-2-1-3-8-16/h4-6,17,19H,1-3,7-9H2,(H,15,20). The fraction of sp³-hybridized carbons (Fsp3) is 0.429. The smallest absolute Gasteiger partial charge is 0.255 e. The molecule has 0 saturated carbocycles. The Morgan fingerprint density at radius 1 is 1.15 bits per heavy atom. The molecular weight excluding hydrogens is 260 g/mol. The third-order valence-electron chi connectivity index (χ3n) is 3.37. The minimum Gasteiger partial charge on any atom is -0.504 e. The number of rotatable bonds is 3. The molecule has 0 aromatic heterocycles. The van der Waals surface area contributed by atoms with Gasteiger partial charge in [-0.2, -0.15) is 0 Å². The Labute approximate surface area is 117 Å². The van der Waals surface area contributed by atoms with Crippen LogP contribution in [0.3, 0.4) is 0 Å². The number of nitrogens with zero attached hydrogens (tertiary/aromatic N) is 1. The first kappa shape index (κ1) is 14.2. The molecule has 0 radical (unpaired) electrons. The zero-order valence-corrected chi connectivity index (χ0v) is 11.1. The third-order valence-corrected chi connectivity index (χ3v) is 3.37. The Bertz CT molecular complexity index is 510. The fourth-order valence-electron chi connectivity index (χ4n) is 2.22. The first-order valence-corrected chi connectivity index (χ1v) is 6.66. The van der Waals surface area contributed by atoms with Crippen LogP contribution in [0.1, 0.15) is 29.6 Å². The molecule has 0 atom stereocenters. The summed E-state index contributed by atoms with van der Waals surface area (Å²) in [7, 11) is 0. The van der Waals surface area contributed by atoms with Crippen LogP contribution in [0.15, 0.2) is 18.2 Å². The van der Waals surface area contributed by atoms with E-state index in [4.69, 9.17) is 0 Å². The van der Waals surface area contributed by atoms with Crippen molar-refractivity contribution < 1.29 is 19.8 Å². The molecule has 1 aromatic carbocycles. The second kappa shape index (κ2) is 6.27. The highest BCUT2D eigenvalue weighted by atomic mass is 16.3. The number of phenols is 2. The van der Waals surface area contributed by atoms with E-state index in [0.717, 1.165) is 32.4 Å². The van der Waals surface area contributed by atoms with Crippen molar-refractivity contribution in [1.29, 1.82) is 0 Å². The van der Waals surface area contributed by atoms with Gasteiger partial charge in [0.15, 0.2) is 11.5 Å². The summed E-state index contributed by atoms with van der Waals surface area (Å²) in [4.78, 5) is 25.5. The number of carbonyl (C=O) groups is 2. The SMILES string of the molecule is O=C(NCC(=O)N1CCCCC1)c1cccc(O)c1O. The maximum Gasteiger partial charge on any atom is 0.255 e. The second-order valence-electron chi connectivity index (χ2n) is 4.80. The van der Waals surface area contributed by atoms with Crippen LogP contribution in [0, 0.1) is 0 Å². The molecule has 6 nitrogen and oxygen atoms in total.